The van der Waals surface area contributed by atoms with Crippen LogP contribution in [0.4, 0.5) is 5.69 Å². The minimum absolute atomic E-state index is 0.0393. The lowest BCUT2D eigenvalue weighted by atomic mass is 10.1. The van der Waals surface area contributed by atoms with Crippen LogP contribution in [0.25, 0.3) is 6.08 Å². The molecule has 2 rings (SSSR count). The van der Waals surface area contributed by atoms with Gasteiger partial charge in [0.25, 0.3) is 5.91 Å². The number of nitriles is 1. The average Bonchev–Trinajstić information content (AvgIpc) is 2.59. The topological polar surface area (TPSA) is 82.3 Å². The SMILES string of the molecule is CCOc1cc(/C=C(/C#N)C(=O)Nc2ccc(Br)cc2)cc(I)c1O. The summed E-state index contributed by atoms with van der Waals surface area (Å²) in [7, 11) is 0. The van der Waals surface area contributed by atoms with E-state index in [9.17, 15) is 15.2 Å². The first kappa shape index (κ1) is 19.3. The highest BCUT2D eigenvalue weighted by Gasteiger charge is 2.12. The van der Waals surface area contributed by atoms with Crippen molar-refractivity contribution in [2.24, 2.45) is 0 Å². The van der Waals surface area contributed by atoms with Crippen LogP contribution in [-0.2, 0) is 4.79 Å². The minimum Gasteiger partial charge on any atom is -0.504 e. The minimum atomic E-state index is -0.508. The predicted molar refractivity (Wildman–Crippen MR) is 108 cm³/mol. The van der Waals surface area contributed by atoms with E-state index in [1.165, 1.54) is 6.08 Å². The van der Waals surface area contributed by atoms with Crippen molar-refractivity contribution >= 4 is 56.2 Å². The van der Waals surface area contributed by atoms with Crippen LogP contribution in [0.2, 0.25) is 0 Å². The van der Waals surface area contributed by atoms with Crippen molar-refractivity contribution in [1.82, 2.24) is 0 Å². The first-order valence-electron chi connectivity index (χ1n) is 7.28. The molecule has 2 aromatic carbocycles. The molecule has 0 aliphatic carbocycles. The van der Waals surface area contributed by atoms with E-state index in [0.717, 1.165) is 4.47 Å². The van der Waals surface area contributed by atoms with Crippen LogP contribution >= 0.6 is 38.5 Å². The Bertz CT molecular complexity index is 858. The molecule has 0 unspecified atom stereocenters. The van der Waals surface area contributed by atoms with Gasteiger partial charge in [-0.2, -0.15) is 5.26 Å². The Morgan fingerprint density at radius 2 is 2.08 bits per heavy atom. The van der Waals surface area contributed by atoms with Crippen LogP contribution in [0.15, 0.2) is 46.4 Å². The largest absolute Gasteiger partial charge is 0.504 e. The number of nitrogens with one attached hydrogen (secondary N) is 1. The Morgan fingerprint density at radius 3 is 2.68 bits per heavy atom. The highest BCUT2D eigenvalue weighted by atomic mass is 127. The summed E-state index contributed by atoms with van der Waals surface area (Å²) in [5, 5.41) is 21.9. The van der Waals surface area contributed by atoms with E-state index < -0.39 is 5.91 Å². The zero-order chi connectivity index (χ0) is 18.4. The summed E-state index contributed by atoms with van der Waals surface area (Å²) in [5.74, 6) is -0.158. The molecule has 0 aliphatic rings. The van der Waals surface area contributed by atoms with Gasteiger partial charge in [0.1, 0.15) is 11.6 Å². The van der Waals surface area contributed by atoms with Crippen LogP contribution in [0.5, 0.6) is 11.5 Å². The number of carbonyl (C=O) groups excluding carboxylic acids is 1. The van der Waals surface area contributed by atoms with Crippen molar-refractivity contribution in [2.75, 3.05) is 11.9 Å². The highest BCUT2D eigenvalue weighted by Crippen LogP contribution is 2.33. The maximum atomic E-state index is 12.3. The Balaban J connectivity index is 2.29. The fraction of sp³-hybridized carbons (Fsp3) is 0.111. The predicted octanol–water partition coefficient (Wildman–Crippen LogP) is 4.70. The second-order valence-corrected chi connectivity index (χ2v) is 6.99. The lowest BCUT2D eigenvalue weighted by Crippen LogP contribution is -2.13. The van der Waals surface area contributed by atoms with Gasteiger partial charge in [-0.25, -0.2) is 0 Å². The molecule has 25 heavy (non-hydrogen) atoms. The van der Waals surface area contributed by atoms with E-state index in [0.29, 0.717) is 27.2 Å². The highest BCUT2D eigenvalue weighted by molar-refractivity contribution is 14.1. The first-order valence-corrected chi connectivity index (χ1v) is 9.15. The van der Waals surface area contributed by atoms with Crippen molar-refractivity contribution in [1.29, 1.82) is 5.26 Å². The third-order valence-corrected chi connectivity index (χ3v) is 4.48. The van der Waals surface area contributed by atoms with Gasteiger partial charge in [-0.15, -0.1) is 0 Å². The fourth-order valence-corrected chi connectivity index (χ4v) is 2.88. The summed E-state index contributed by atoms with van der Waals surface area (Å²) in [6, 6.07) is 12.2. The van der Waals surface area contributed by atoms with Gasteiger partial charge in [0.05, 0.1) is 10.2 Å². The Morgan fingerprint density at radius 1 is 1.40 bits per heavy atom. The van der Waals surface area contributed by atoms with E-state index in [1.807, 2.05) is 28.7 Å². The maximum absolute atomic E-state index is 12.3. The second kappa shape index (κ2) is 8.87. The third-order valence-electron chi connectivity index (χ3n) is 3.13. The van der Waals surface area contributed by atoms with Crippen molar-refractivity contribution < 1.29 is 14.6 Å². The normalized spacial score (nSPS) is 10.9. The standard InChI is InChI=1S/C18H14BrIN2O3/c1-2-25-16-9-11(8-15(20)17(16)23)7-12(10-21)18(24)22-14-5-3-13(19)4-6-14/h3-9,23H,2H2,1H3,(H,22,24)/b12-7-. The Kier molecular flexibility index (Phi) is 6.84. The fourth-order valence-electron chi connectivity index (χ4n) is 1.99. The van der Waals surface area contributed by atoms with Crippen LogP contribution in [0.3, 0.4) is 0 Å². The van der Waals surface area contributed by atoms with E-state index in [1.54, 1.807) is 43.3 Å². The molecule has 0 atom stereocenters. The number of hydrogen-bond donors (Lipinski definition) is 2. The zero-order valence-electron chi connectivity index (χ0n) is 13.2. The lowest BCUT2D eigenvalue weighted by Gasteiger charge is -2.09. The van der Waals surface area contributed by atoms with Crippen LogP contribution in [0, 0.1) is 14.9 Å². The summed E-state index contributed by atoms with van der Waals surface area (Å²) < 4.78 is 6.83. The number of aromatic hydroxyl groups is 1. The number of benzene rings is 2. The van der Waals surface area contributed by atoms with Crippen LogP contribution in [-0.4, -0.2) is 17.6 Å². The van der Waals surface area contributed by atoms with Crippen molar-refractivity contribution in [3.63, 3.8) is 0 Å². The lowest BCUT2D eigenvalue weighted by molar-refractivity contribution is -0.112. The first-order chi connectivity index (χ1) is 11.9. The average molecular weight is 513 g/mol. The quantitative estimate of drug-likeness (QED) is 0.345. The van der Waals surface area contributed by atoms with Crippen molar-refractivity contribution in [3.8, 4) is 17.6 Å². The van der Waals surface area contributed by atoms with Gasteiger partial charge < -0.3 is 15.2 Å². The van der Waals surface area contributed by atoms with Crippen LogP contribution in [0.1, 0.15) is 12.5 Å². The molecule has 128 valence electrons. The molecule has 0 saturated heterocycles. The van der Waals surface area contributed by atoms with Crippen LogP contribution < -0.4 is 10.1 Å². The number of phenolic OH excluding ortho intramolecular Hbond substituents is 1. The molecular weight excluding hydrogens is 499 g/mol. The summed E-state index contributed by atoms with van der Waals surface area (Å²) >= 11 is 5.29. The third kappa shape index (κ3) is 5.21. The monoisotopic (exact) mass is 512 g/mol. The molecule has 0 radical (unpaired) electrons. The van der Waals surface area contributed by atoms with Crippen molar-refractivity contribution in [3.05, 3.63) is 55.6 Å². The molecule has 0 aliphatic heterocycles. The second-order valence-electron chi connectivity index (χ2n) is 4.91. The van der Waals surface area contributed by atoms with Crippen molar-refractivity contribution in [2.45, 2.75) is 6.92 Å². The summed E-state index contributed by atoms with van der Waals surface area (Å²) in [6.07, 6.45) is 1.46. The Labute approximate surface area is 167 Å². The van der Waals surface area contributed by atoms with Gasteiger partial charge in [0, 0.05) is 10.2 Å². The molecule has 2 N–H and O–H groups in total. The number of phenols is 1. The molecule has 5 nitrogen and oxygen atoms in total. The molecule has 0 spiro atoms. The number of carbonyl (C=O) groups is 1. The van der Waals surface area contributed by atoms with E-state index in [-0.39, 0.29) is 11.3 Å². The van der Waals surface area contributed by atoms with Gasteiger partial charge in [-0.1, -0.05) is 15.9 Å². The number of ether oxygens (including phenoxy) is 1. The number of anilines is 1. The summed E-state index contributed by atoms with van der Waals surface area (Å²) in [5.41, 5.74) is 1.13. The van der Waals surface area contributed by atoms with Gasteiger partial charge >= 0.3 is 0 Å². The zero-order valence-corrected chi connectivity index (χ0v) is 17.0. The maximum Gasteiger partial charge on any atom is 0.266 e. The number of rotatable bonds is 5. The molecule has 0 aromatic heterocycles. The molecule has 0 fully saturated rings. The van der Waals surface area contributed by atoms with E-state index in [2.05, 4.69) is 21.2 Å². The molecule has 0 saturated carbocycles. The summed E-state index contributed by atoms with van der Waals surface area (Å²) in [4.78, 5) is 12.3. The smallest absolute Gasteiger partial charge is 0.266 e. The van der Waals surface area contributed by atoms with Gasteiger partial charge in [0.15, 0.2) is 11.5 Å². The number of hydrogen-bond acceptors (Lipinski definition) is 4. The van der Waals surface area contributed by atoms with Gasteiger partial charge in [-0.05, 0) is 77.6 Å². The molecule has 0 bridgehead atoms. The van der Waals surface area contributed by atoms with E-state index >= 15 is 0 Å². The number of halogens is 2. The van der Waals surface area contributed by atoms with Gasteiger partial charge in [-0.3, -0.25) is 4.79 Å². The Hall–Kier alpha value is -2.05. The number of nitrogens with zero attached hydrogens (tertiary/aromatic N) is 1. The molecule has 0 heterocycles. The number of amides is 1. The van der Waals surface area contributed by atoms with Gasteiger partial charge in [0.2, 0.25) is 0 Å². The molecule has 7 heteroatoms. The van der Waals surface area contributed by atoms with E-state index in [4.69, 9.17) is 4.74 Å². The molecular formula is C18H14BrIN2O3. The molecule has 2 aromatic rings. The molecule has 1 amide bonds. The summed E-state index contributed by atoms with van der Waals surface area (Å²) in [6.45, 7) is 2.20.